The van der Waals surface area contributed by atoms with Crippen molar-refractivity contribution in [3.05, 3.63) is 18.1 Å². The van der Waals surface area contributed by atoms with Crippen molar-refractivity contribution in [2.24, 2.45) is 0 Å². The van der Waals surface area contributed by atoms with E-state index < -0.39 is 5.97 Å². The summed E-state index contributed by atoms with van der Waals surface area (Å²) in [6.07, 6.45) is 5.39. The maximum absolute atomic E-state index is 11.3. The summed E-state index contributed by atoms with van der Waals surface area (Å²) in [5, 5.41) is 21.3. The Morgan fingerprint density at radius 1 is 1.45 bits per heavy atom. The fourth-order valence-corrected chi connectivity index (χ4v) is 2.21. The number of hydrogen-bond acceptors (Lipinski definition) is 4. The highest BCUT2D eigenvalue weighted by atomic mass is 16.4. The van der Waals surface area contributed by atoms with Gasteiger partial charge >= 0.3 is 5.97 Å². The SMILES string of the molecule is CCCC(C)n1nnc(C(=O)O)c1-c1cnn(CC)c1. The lowest BCUT2D eigenvalue weighted by atomic mass is 10.1. The molecule has 0 radical (unpaired) electrons. The molecule has 2 aromatic heterocycles. The van der Waals surface area contributed by atoms with Gasteiger partial charge in [-0.3, -0.25) is 4.68 Å². The number of carbonyl (C=O) groups is 1. The molecule has 20 heavy (non-hydrogen) atoms. The van der Waals surface area contributed by atoms with Crippen LogP contribution in [0.15, 0.2) is 12.4 Å². The Hall–Kier alpha value is -2.18. The van der Waals surface area contributed by atoms with Gasteiger partial charge in [0.15, 0.2) is 5.69 Å². The van der Waals surface area contributed by atoms with Gasteiger partial charge in [-0.2, -0.15) is 5.10 Å². The van der Waals surface area contributed by atoms with Gasteiger partial charge in [-0.05, 0) is 20.3 Å². The molecule has 2 heterocycles. The van der Waals surface area contributed by atoms with Crippen molar-refractivity contribution in [2.45, 2.75) is 46.2 Å². The van der Waals surface area contributed by atoms with Gasteiger partial charge in [0.2, 0.25) is 0 Å². The van der Waals surface area contributed by atoms with Crippen molar-refractivity contribution >= 4 is 5.97 Å². The molecule has 0 saturated carbocycles. The third-order valence-electron chi connectivity index (χ3n) is 3.25. The van der Waals surface area contributed by atoms with Gasteiger partial charge in [-0.25, -0.2) is 9.48 Å². The van der Waals surface area contributed by atoms with Gasteiger partial charge < -0.3 is 5.11 Å². The molecule has 0 fully saturated rings. The zero-order chi connectivity index (χ0) is 14.7. The van der Waals surface area contributed by atoms with Crippen LogP contribution in [0.2, 0.25) is 0 Å². The number of aromatic nitrogens is 5. The number of aryl methyl sites for hydroxylation is 1. The Balaban J connectivity index is 2.52. The standard InChI is InChI=1S/C13H19N5O2/c1-4-6-9(3)18-12(11(13(19)20)15-16-18)10-7-14-17(5-2)8-10/h7-9H,4-6H2,1-3H3,(H,19,20). The molecule has 1 atom stereocenters. The smallest absolute Gasteiger partial charge is 0.358 e. The molecule has 2 rings (SSSR count). The summed E-state index contributed by atoms with van der Waals surface area (Å²) in [5.74, 6) is -1.07. The summed E-state index contributed by atoms with van der Waals surface area (Å²) in [5.41, 5.74) is 1.24. The number of aromatic carboxylic acids is 1. The average molecular weight is 277 g/mol. The molecule has 7 heteroatoms. The van der Waals surface area contributed by atoms with Crippen molar-refractivity contribution < 1.29 is 9.90 Å². The van der Waals surface area contributed by atoms with E-state index in [1.54, 1.807) is 15.6 Å². The monoisotopic (exact) mass is 277 g/mol. The minimum Gasteiger partial charge on any atom is -0.476 e. The normalized spacial score (nSPS) is 12.6. The van der Waals surface area contributed by atoms with Crippen LogP contribution in [0, 0.1) is 0 Å². The Labute approximate surface area is 117 Å². The molecule has 0 aromatic carbocycles. The van der Waals surface area contributed by atoms with E-state index in [-0.39, 0.29) is 11.7 Å². The van der Waals surface area contributed by atoms with Gasteiger partial charge in [0.05, 0.1) is 12.2 Å². The summed E-state index contributed by atoms with van der Waals surface area (Å²) in [7, 11) is 0. The second-order valence-electron chi connectivity index (χ2n) is 4.76. The van der Waals surface area contributed by atoms with Crippen molar-refractivity contribution in [3.63, 3.8) is 0 Å². The highest BCUT2D eigenvalue weighted by molar-refractivity contribution is 5.92. The van der Waals surface area contributed by atoms with Crippen LogP contribution in [-0.2, 0) is 6.54 Å². The van der Waals surface area contributed by atoms with E-state index in [2.05, 4.69) is 22.3 Å². The molecule has 7 nitrogen and oxygen atoms in total. The van der Waals surface area contributed by atoms with Gasteiger partial charge in [-0.1, -0.05) is 18.6 Å². The fourth-order valence-electron chi connectivity index (χ4n) is 2.21. The lowest BCUT2D eigenvalue weighted by Gasteiger charge is -2.13. The molecule has 2 aromatic rings. The predicted octanol–water partition coefficient (Wildman–Crippen LogP) is 2.22. The van der Waals surface area contributed by atoms with Crippen LogP contribution in [0.1, 0.15) is 50.1 Å². The Morgan fingerprint density at radius 3 is 2.75 bits per heavy atom. The molecule has 108 valence electrons. The number of carboxylic acid groups (broad SMARTS) is 1. The van der Waals surface area contributed by atoms with E-state index in [0.29, 0.717) is 5.69 Å². The first-order valence-electron chi connectivity index (χ1n) is 6.79. The zero-order valence-corrected chi connectivity index (χ0v) is 11.9. The Bertz CT molecular complexity index is 602. The minimum atomic E-state index is -1.07. The van der Waals surface area contributed by atoms with Crippen LogP contribution in [0.4, 0.5) is 0 Å². The second kappa shape index (κ2) is 5.85. The van der Waals surface area contributed by atoms with Crippen LogP contribution < -0.4 is 0 Å². The molecule has 0 aliphatic rings. The van der Waals surface area contributed by atoms with E-state index in [1.165, 1.54) is 0 Å². The molecule has 0 spiro atoms. The molecule has 1 unspecified atom stereocenters. The average Bonchev–Trinajstić information content (AvgIpc) is 3.04. The Kier molecular flexibility index (Phi) is 4.16. The van der Waals surface area contributed by atoms with Gasteiger partial charge in [0.25, 0.3) is 0 Å². The van der Waals surface area contributed by atoms with Crippen LogP contribution in [0.25, 0.3) is 11.3 Å². The molecular formula is C13H19N5O2. The van der Waals surface area contributed by atoms with E-state index >= 15 is 0 Å². The summed E-state index contributed by atoms with van der Waals surface area (Å²) in [4.78, 5) is 11.3. The van der Waals surface area contributed by atoms with Crippen molar-refractivity contribution in [3.8, 4) is 11.3 Å². The number of rotatable bonds is 6. The molecule has 0 aliphatic heterocycles. The fraction of sp³-hybridized carbons (Fsp3) is 0.538. The minimum absolute atomic E-state index is 0.0244. The quantitative estimate of drug-likeness (QED) is 0.875. The van der Waals surface area contributed by atoms with Crippen LogP contribution in [-0.4, -0.2) is 35.9 Å². The number of carboxylic acids is 1. The lowest BCUT2D eigenvalue weighted by Crippen LogP contribution is -2.09. The lowest BCUT2D eigenvalue weighted by molar-refractivity contribution is 0.0691. The van der Waals surface area contributed by atoms with E-state index in [0.717, 1.165) is 24.9 Å². The molecule has 0 bridgehead atoms. The van der Waals surface area contributed by atoms with E-state index in [1.807, 2.05) is 20.0 Å². The molecule has 0 aliphatic carbocycles. The first kappa shape index (κ1) is 14.2. The highest BCUT2D eigenvalue weighted by Crippen LogP contribution is 2.26. The van der Waals surface area contributed by atoms with E-state index in [9.17, 15) is 9.90 Å². The highest BCUT2D eigenvalue weighted by Gasteiger charge is 2.23. The molecular weight excluding hydrogens is 258 g/mol. The van der Waals surface area contributed by atoms with Crippen LogP contribution in [0.3, 0.4) is 0 Å². The van der Waals surface area contributed by atoms with Gasteiger partial charge in [0.1, 0.15) is 5.69 Å². The molecule has 1 N–H and O–H groups in total. The van der Waals surface area contributed by atoms with Crippen LogP contribution >= 0.6 is 0 Å². The van der Waals surface area contributed by atoms with Crippen molar-refractivity contribution in [1.82, 2.24) is 24.8 Å². The van der Waals surface area contributed by atoms with E-state index in [4.69, 9.17) is 0 Å². The zero-order valence-electron chi connectivity index (χ0n) is 11.9. The molecule has 0 saturated heterocycles. The van der Waals surface area contributed by atoms with Crippen LogP contribution in [0.5, 0.6) is 0 Å². The van der Waals surface area contributed by atoms with Crippen molar-refractivity contribution in [2.75, 3.05) is 0 Å². The van der Waals surface area contributed by atoms with Gasteiger partial charge in [0, 0.05) is 18.3 Å². The summed E-state index contributed by atoms with van der Waals surface area (Å²) < 4.78 is 3.44. The summed E-state index contributed by atoms with van der Waals surface area (Å²) in [6.45, 7) is 6.80. The third-order valence-corrected chi connectivity index (χ3v) is 3.25. The predicted molar refractivity (Wildman–Crippen MR) is 73.5 cm³/mol. The number of nitrogens with zero attached hydrogens (tertiary/aromatic N) is 5. The summed E-state index contributed by atoms with van der Waals surface area (Å²) in [6, 6.07) is 0.0978. The number of hydrogen-bond donors (Lipinski definition) is 1. The summed E-state index contributed by atoms with van der Waals surface area (Å²) >= 11 is 0. The topological polar surface area (TPSA) is 85.8 Å². The maximum Gasteiger partial charge on any atom is 0.358 e. The largest absolute Gasteiger partial charge is 0.476 e. The third kappa shape index (κ3) is 2.56. The second-order valence-corrected chi connectivity index (χ2v) is 4.76. The van der Waals surface area contributed by atoms with Gasteiger partial charge in [-0.15, -0.1) is 5.10 Å². The Morgan fingerprint density at radius 2 is 2.20 bits per heavy atom. The van der Waals surface area contributed by atoms with Crippen molar-refractivity contribution in [1.29, 1.82) is 0 Å². The molecule has 0 amide bonds. The maximum atomic E-state index is 11.3. The first-order valence-corrected chi connectivity index (χ1v) is 6.79. The first-order chi connectivity index (χ1) is 9.58.